The molecule has 0 saturated carbocycles. The van der Waals surface area contributed by atoms with Crippen LogP contribution in [0.2, 0.25) is 0 Å². The van der Waals surface area contributed by atoms with E-state index in [0.717, 1.165) is 37.5 Å². The van der Waals surface area contributed by atoms with Gasteiger partial charge in [-0.3, -0.25) is 9.89 Å². The lowest BCUT2D eigenvalue weighted by atomic mass is 10.3. The molecule has 0 unspecified atom stereocenters. The van der Waals surface area contributed by atoms with Crippen LogP contribution in [-0.2, 0) is 0 Å². The smallest absolute Gasteiger partial charge is 0.274 e. The lowest BCUT2D eigenvalue weighted by Gasteiger charge is -2.33. The largest absolute Gasteiger partial charge is 0.354 e. The zero-order valence-corrected chi connectivity index (χ0v) is 13.9. The molecule has 8 nitrogen and oxygen atoms in total. The Balaban J connectivity index is 1.44. The summed E-state index contributed by atoms with van der Waals surface area (Å²) in [6.45, 7) is 3.98. The van der Waals surface area contributed by atoms with Crippen LogP contribution >= 0.6 is 0 Å². The van der Waals surface area contributed by atoms with Crippen molar-refractivity contribution in [3.05, 3.63) is 42.4 Å². The second-order valence-electron chi connectivity index (χ2n) is 6.15. The van der Waals surface area contributed by atoms with Crippen molar-refractivity contribution in [2.24, 2.45) is 0 Å². The van der Waals surface area contributed by atoms with E-state index in [1.54, 1.807) is 24.5 Å². The van der Waals surface area contributed by atoms with Gasteiger partial charge < -0.3 is 15.1 Å². The van der Waals surface area contributed by atoms with Crippen LogP contribution < -0.4 is 10.2 Å². The molecular formula is C17H19N7O. The van der Waals surface area contributed by atoms with Crippen molar-refractivity contribution in [2.75, 3.05) is 43.4 Å². The summed E-state index contributed by atoms with van der Waals surface area (Å²) in [6.07, 6.45) is 3.28. The summed E-state index contributed by atoms with van der Waals surface area (Å²) in [5.74, 6) is 0.668. The minimum atomic E-state index is -0.266. The van der Waals surface area contributed by atoms with Gasteiger partial charge in [-0.25, -0.2) is 9.97 Å². The second-order valence-corrected chi connectivity index (χ2v) is 6.15. The van der Waals surface area contributed by atoms with Gasteiger partial charge in [-0.05, 0) is 31.3 Å². The number of fused-ring (bicyclic) bond motifs is 1. The predicted octanol–water partition coefficient (Wildman–Crippen LogP) is 1.36. The highest BCUT2D eigenvalue weighted by molar-refractivity contribution is 6.03. The molecule has 0 atom stereocenters. The Labute approximate surface area is 144 Å². The third-order valence-corrected chi connectivity index (χ3v) is 4.36. The van der Waals surface area contributed by atoms with Crippen molar-refractivity contribution < 1.29 is 4.79 Å². The highest BCUT2D eigenvalue weighted by Gasteiger charge is 2.15. The van der Waals surface area contributed by atoms with Gasteiger partial charge in [0.25, 0.3) is 5.91 Å². The molecule has 1 fully saturated rings. The third-order valence-electron chi connectivity index (χ3n) is 4.36. The number of hydrogen-bond donors (Lipinski definition) is 2. The first-order chi connectivity index (χ1) is 12.2. The molecule has 3 aromatic rings. The first-order valence-corrected chi connectivity index (χ1v) is 8.20. The lowest BCUT2D eigenvalue weighted by Crippen LogP contribution is -2.44. The monoisotopic (exact) mass is 337 g/mol. The van der Waals surface area contributed by atoms with E-state index in [2.05, 4.69) is 42.3 Å². The van der Waals surface area contributed by atoms with Gasteiger partial charge >= 0.3 is 0 Å². The molecule has 1 aliphatic heterocycles. The van der Waals surface area contributed by atoms with Crippen LogP contribution in [0.25, 0.3) is 11.0 Å². The minimum Gasteiger partial charge on any atom is -0.354 e. The number of nitrogens with one attached hydrogen (secondary N) is 2. The van der Waals surface area contributed by atoms with Crippen molar-refractivity contribution in [3.8, 4) is 0 Å². The van der Waals surface area contributed by atoms with Crippen LogP contribution in [-0.4, -0.2) is 64.2 Å². The second kappa shape index (κ2) is 6.48. The van der Waals surface area contributed by atoms with Gasteiger partial charge in [0, 0.05) is 26.2 Å². The summed E-state index contributed by atoms with van der Waals surface area (Å²) < 4.78 is 0. The number of pyridine rings is 2. The number of nitrogens with zero attached hydrogens (tertiary/aromatic N) is 5. The molecule has 0 aromatic carbocycles. The maximum absolute atomic E-state index is 12.4. The van der Waals surface area contributed by atoms with Gasteiger partial charge in [0.15, 0.2) is 0 Å². The van der Waals surface area contributed by atoms with E-state index >= 15 is 0 Å². The summed E-state index contributed by atoms with van der Waals surface area (Å²) >= 11 is 0. The van der Waals surface area contributed by atoms with Crippen LogP contribution in [0.1, 0.15) is 10.5 Å². The number of likely N-dealkylation sites (N-methyl/N-ethyl adjacent to an activating group) is 1. The number of rotatable bonds is 3. The molecule has 8 heteroatoms. The quantitative estimate of drug-likeness (QED) is 0.750. The van der Waals surface area contributed by atoms with Crippen molar-refractivity contribution in [3.63, 3.8) is 0 Å². The molecule has 4 heterocycles. The van der Waals surface area contributed by atoms with Crippen LogP contribution in [0.4, 0.5) is 11.5 Å². The average Bonchev–Trinajstić information content (AvgIpc) is 3.11. The van der Waals surface area contributed by atoms with E-state index in [4.69, 9.17) is 0 Å². The SMILES string of the molecule is CN1CCN(c2ccc(NC(=O)c3ccc4[nH]ncc4n3)cn2)CC1. The fourth-order valence-electron chi connectivity index (χ4n) is 2.84. The van der Waals surface area contributed by atoms with Crippen LogP contribution in [0.15, 0.2) is 36.7 Å². The normalized spacial score (nSPS) is 15.5. The van der Waals surface area contributed by atoms with Gasteiger partial charge in [-0.2, -0.15) is 5.10 Å². The molecule has 4 rings (SSSR count). The number of H-pyrrole nitrogens is 1. The lowest BCUT2D eigenvalue weighted by molar-refractivity contribution is 0.102. The number of amides is 1. The van der Waals surface area contributed by atoms with Gasteiger partial charge in [-0.15, -0.1) is 0 Å². The number of piperazine rings is 1. The van der Waals surface area contributed by atoms with Crippen LogP contribution in [0.5, 0.6) is 0 Å². The van der Waals surface area contributed by atoms with Crippen LogP contribution in [0.3, 0.4) is 0 Å². The fourth-order valence-corrected chi connectivity index (χ4v) is 2.84. The van der Waals surface area contributed by atoms with E-state index in [1.165, 1.54) is 0 Å². The topological polar surface area (TPSA) is 90.0 Å². The Morgan fingerprint density at radius 2 is 1.96 bits per heavy atom. The summed E-state index contributed by atoms with van der Waals surface area (Å²) in [4.78, 5) is 25.7. The maximum atomic E-state index is 12.4. The molecular weight excluding hydrogens is 318 g/mol. The molecule has 128 valence electrons. The predicted molar refractivity (Wildman–Crippen MR) is 95.8 cm³/mol. The number of aromatic nitrogens is 4. The van der Waals surface area contributed by atoms with Gasteiger partial charge in [0.05, 0.1) is 23.6 Å². The van der Waals surface area contributed by atoms with Crippen molar-refractivity contribution in [1.82, 2.24) is 25.1 Å². The molecule has 25 heavy (non-hydrogen) atoms. The zero-order valence-electron chi connectivity index (χ0n) is 13.9. The fraction of sp³-hybridized carbons (Fsp3) is 0.294. The Morgan fingerprint density at radius 3 is 2.72 bits per heavy atom. The molecule has 1 aliphatic rings. The average molecular weight is 337 g/mol. The van der Waals surface area contributed by atoms with E-state index < -0.39 is 0 Å². The zero-order chi connectivity index (χ0) is 17.2. The molecule has 3 aromatic heterocycles. The summed E-state index contributed by atoms with van der Waals surface area (Å²) in [5.41, 5.74) is 2.46. The summed E-state index contributed by atoms with van der Waals surface area (Å²) in [7, 11) is 2.12. The molecule has 0 aliphatic carbocycles. The highest BCUT2D eigenvalue weighted by atomic mass is 16.1. The standard InChI is InChI=1S/C17H19N7O/c1-23-6-8-24(9-7-23)16-5-2-12(10-18-16)20-17(25)14-4-3-13-15(21-14)11-19-22-13/h2-5,10-11H,6-9H2,1H3,(H,19,22)(H,20,25). The van der Waals surface area contributed by atoms with Gasteiger partial charge in [0.1, 0.15) is 17.0 Å². The number of carbonyl (C=O) groups is 1. The van der Waals surface area contributed by atoms with E-state index in [-0.39, 0.29) is 5.91 Å². The Bertz CT molecular complexity index is 881. The summed E-state index contributed by atoms with van der Waals surface area (Å²) in [5, 5.41) is 9.55. The summed E-state index contributed by atoms with van der Waals surface area (Å²) in [6, 6.07) is 7.27. The Kier molecular flexibility index (Phi) is 4.02. The Hall–Kier alpha value is -3.00. The molecule has 0 radical (unpaired) electrons. The molecule has 0 spiro atoms. The molecule has 1 amide bonds. The van der Waals surface area contributed by atoms with Crippen molar-refractivity contribution in [2.45, 2.75) is 0 Å². The third kappa shape index (κ3) is 3.29. The first-order valence-electron chi connectivity index (χ1n) is 8.20. The number of aromatic amines is 1. The molecule has 1 saturated heterocycles. The number of hydrogen-bond acceptors (Lipinski definition) is 6. The van der Waals surface area contributed by atoms with Gasteiger partial charge in [0.2, 0.25) is 0 Å². The van der Waals surface area contributed by atoms with E-state index in [0.29, 0.717) is 16.9 Å². The van der Waals surface area contributed by atoms with Crippen molar-refractivity contribution >= 4 is 28.4 Å². The Morgan fingerprint density at radius 1 is 1.12 bits per heavy atom. The van der Waals surface area contributed by atoms with E-state index in [1.807, 2.05) is 12.1 Å². The van der Waals surface area contributed by atoms with E-state index in [9.17, 15) is 4.79 Å². The highest BCUT2D eigenvalue weighted by Crippen LogP contribution is 2.17. The molecule has 2 N–H and O–H groups in total. The minimum absolute atomic E-state index is 0.266. The maximum Gasteiger partial charge on any atom is 0.274 e. The molecule has 0 bridgehead atoms. The number of carbonyl (C=O) groups excluding carboxylic acids is 1. The van der Waals surface area contributed by atoms with Crippen LogP contribution in [0, 0.1) is 0 Å². The first kappa shape index (κ1) is 15.5. The van der Waals surface area contributed by atoms with Crippen molar-refractivity contribution in [1.29, 1.82) is 0 Å². The van der Waals surface area contributed by atoms with Gasteiger partial charge in [-0.1, -0.05) is 0 Å². The number of anilines is 2.